The highest BCUT2D eigenvalue weighted by atomic mass is 16.6. The minimum Gasteiger partial charge on any atom is -0.392 e. The van der Waals surface area contributed by atoms with Crippen LogP contribution in [0.15, 0.2) is 5.16 Å². The summed E-state index contributed by atoms with van der Waals surface area (Å²) < 4.78 is 0. The van der Waals surface area contributed by atoms with Gasteiger partial charge in [-0.05, 0) is 32.1 Å². The Kier molecular flexibility index (Phi) is 4.02. The van der Waals surface area contributed by atoms with Crippen molar-refractivity contribution in [1.29, 1.82) is 0 Å². The summed E-state index contributed by atoms with van der Waals surface area (Å²) in [6.45, 7) is 2.11. The molecule has 0 aromatic rings. The maximum Gasteiger partial charge on any atom is 0.127 e. The fraction of sp³-hybridized carbons (Fsp3) is 0.889. The van der Waals surface area contributed by atoms with Crippen LogP contribution in [0.25, 0.3) is 0 Å². The average Bonchev–Trinajstić information content (AvgIpc) is 2.50. The molecule has 1 radical (unpaired) electrons. The molecule has 0 bridgehead atoms. The zero-order valence-electron chi connectivity index (χ0n) is 7.18. The second-order valence-electron chi connectivity index (χ2n) is 3.01. The molecule has 0 N–H and O–H groups in total. The second kappa shape index (κ2) is 5.16. The Morgan fingerprint density at radius 2 is 2.18 bits per heavy atom. The van der Waals surface area contributed by atoms with E-state index >= 15 is 0 Å². The van der Waals surface area contributed by atoms with E-state index in [1.54, 1.807) is 0 Å². The van der Waals surface area contributed by atoms with Crippen LogP contribution in [0.4, 0.5) is 0 Å². The van der Waals surface area contributed by atoms with Crippen LogP contribution in [-0.2, 0) is 4.84 Å². The quantitative estimate of drug-likeness (QED) is 0.450. The smallest absolute Gasteiger partial charge is 0.127 e. The molecule has 2 nitrogen and oxygen atoms in total. The highest BCUT2D eigenvalue weighted by Crippen LogP contribution is 2.20. The molecule has 0 amide bonds. The average molecular weight is 154 g/mol. The SMILES string of the molecule is CCC/[C]=N\OC1CCCC1. The molecule has 0 aromatic heterocycles. The Hall–Kier alpha value is -0.530. The maximum absolute atomic E-state index is 5.22. The highest BCUT2D eigenvalue weighted by molar-refractivity contribution is 5.55. The van der Waals surface area contributed by atoms with Crippen molar-refractivity contribution in [2.45, 2.75) is 51.6 Å². The lowest BCUT2D eigenvalue weighted by molar-refractivity contribution is 0.0652. The van der Waals surface area contributed by atoms with Gasteiger partial charge in [-0.3, -0.25) is 0 Å². The summed E-state index contributed by atoms with van der Waals surface area (Å²) in [7, 11) is 0. The first-order valence-electron chi connectivity index (χ1n) is 4.52. The largest absolute Gasteiger partial charge is 0.392 e. The molecule has 11 heavy (non-hydrogen) atoms. The van der Waals surface area contributed by atoms with Crippen LogP contribution in [0, 0.1) is 0 Å². The van der Waals surface area contributed by atoms with Gasteiger partial charge in [0, 0.05) is 0 Å². The minimum atomic E-state index is 0.388. The molecule has 2 heteroatoms. The van der Waals surface area contributed by atoms with Gasteiger partial charge in [0.05, 0.1) is 0 Å². The van der Waals surface area contributed by atoms with E-state index in [1.165, 1.54) is 25.7 Å². The molecule has 0 heterocycles. The van der Waals surface area contributed by atoms with E-state index in [0.717, 1.165) is 12.8 Å². The molecule has 1 fully saturated rings. The Labute approximate surface area is 68.6 Å². The summed E-state index contributed by atoms with van der Waals surface area (Å²) in [4.78, 5) is 5.22. The molecule has 0 atom stereocenters. The summed E-state index contributed by atoms with van der Waals surface area (Å²) in [6, 6.07) is 0. The zero-order valence-corrected chi connectivity index (χ0v) is 7.18. The number of rotatable bonds is 4. The van der Waals surface area contributed by atoms with E-state index in [4.69, 9.17) is 4.84 Å². The van der Waals surface area contributed by atoms with Gasteiger partial charge >= 0.3 is 0 Å². The third kappa shape index (κ3) is 3.40. The standard InChI is InChI=1S/C9H16NO/c1-2-3-8-10-11-9-6-4-5-7-9/h9H,2-7H2,1H3. The summed E-state index contributed by atoms with van der Waals surface area (Å²) in [5.41, 5.74) is 0. The zero-order chi connectivity index (χ0) is 7.94. The molecular weight excluding hydrogens is 138 g/mol. The molecule has 1 aliphatic rings. The van der Waals surface area contributed by atoms with E-state index in [-0.39, 0.29) is 0 Å². The topological polar surface area (TPSA) is 21.6 Å². The van der Waals surface area contributed by atoms with E-state index < -0.39 is 0 Å². The molecule has 0 spiro atoms. The van der Waals surface area contributed by atoms with Gasteiger partial charge in [-0.1, -0.05) is 18.5 Å². The molecule has 1 aliphatic carbocycles. The van der Waals surface area contributed by atoms with E-state index in [1.807, 2.05) is 0 Å². The highest BCUT2D eigenvalue weighted by Gasteiger charge is 2.15. The van der Waals surface area contributed by atoms with Gasteiger partial charge in [-0.2, -0.15) is 0 Å². The molecule has 0 aromatic carbocycles. The normalized spacial score (nSPS) is 19.7. The maximum atomic E-state index is 5.22. The van der Waals surface area contributed by atoms with Crippen LogP contribution in [0.1, 0.15) is 45.4 Å². The Balaban J connectivity index is 2.01. The van der Waals surface area contributed by atoms with Gasteiger partial charge in [0.15, 0.2) is 0 Å². The number of unbranched alkanes of at least 4 members (excludes halogenated alkanes) is 1. The van der Waals surface area contributed by atoms with Crippen LogP contribution in [0.5, 0.6) is 0 Å². The van der Waals surface area contributed by atoms with E-state index in [9.17, 15) is 0 Å². The number of hydrogen-bond acceptors (Lipinski definition) is 2. The van der Waals surface area contributed by atoms with Crippen LogP contribution in [-0.4, -0.2) is 12.3 Å². The van der Waals surface area contributed by atoms with Gasteiger partial charge in [0.1, 0.15) is 12.3 Å². The fourth-order valence-corrected chi connectivity index (χ4v) is 1.26. The van der Waals surface area contributed by atoms with Crippen molar-refractivity contribution in [3.63, 3.8) is 0 Å². The van der Waals surface area contributed by atoms with Crippen molar-refractivity contribution in [2.75, 3.05) is 0 Å². The molecule has 0 aliphatic heterocycles. The molecule has 1 rings (SSSR count). The first kappa shape index (κ1) is 8.57. The van der Waals surface area contributed by atoms with Crippen molar-refractivity contribution < 1.29 is 4.84 Å². The first-order valence-corrected chi connectivity index (χ1v) is 4.52. The lowest BCUT2D eigenvalue weighted by Gasteiger charge is -2.04. The van der Waals surface area contributed by atoms with Crippen molar-refractivity contribution in [1.82, 2.24) is 0 Å². The van der Waals surface area contributed by atoms with Crippen LogP contribution >= 0.6 is 0 Å². The van der Waals surface area contributed by atoms with Crippen molar-refractivity contribution in [2.24, 2.45) is 5.16 Å². The molecule has 0 saturated heterocycles. The van der Waals surface area contributed by atoms with Gasteiger partial charge in [0.2, 0.25) is 0 Å². The Morgan fingerprint density at radius 3 is 2.82 bits per heavy atom. The van der Waals surface area contributed by atoms with Crippen molar-refractivity contribution in [3.05, 3.63) is 0 Å². The molecule has 63 valence electrons. The Morgan fingerprint density at radius 1 is 1.45 bits per heavy atom. The van der Waals surface area contributed by atoms with Crippen LogP contribution in [0.2, 0.25) is 0 Å². The predicted octanol–water partition coefficient (Wildman–Crippen LogP) is 2.61. The lowest BCUT2D eigenvalue weighted by Crippen LogP contribution is -2.02. The van der Waals surface area contributed by atoms with Gasteiger partial charge in [-0.25, -0.2) is 0 Å². The predicted molar refractivity (Wildman–Crippen MR) is 45.7 cm³/mol. The van der Waals surface area contributed by atoms with Crippen molar-refractivity contribution >= 4 is 6.21 Å². The van der Waals surface area contributed by atoms with Crippen molar-refractivity contribution in [3.8, 4) is 0 Å². The molecular formula is C9H16NO. The summed E-state index contributed by atoms with van der Waals surface area (Å²) in [6.07, 6.45) is 10.2. The summed E-state index contributed by atoms with van der Waals surface area (Å²) >= 11 is 0. The van der Waals surface area contributed by atoms with Gasteiger partial charge in [0.25, 0.3) is 0 Å². The number of nitrogens with zero attached hydrogens (tertiary/aromatic N) is 1. The minimum absolute atomic E-state index is 0.388. The molecule has 1 saturated carbocycles. The Bertz CT molecular complexity index is 117. The summed E-state index contributed by atoms with van der Waals surface area (Å²) in [5.74, 6) is 0. The van der Waals surface area contributed by atoms with Gasteiger partial charge < -0.3 is 4.84 Å². The third-order valence-electron chi connectivity index (χ3n) is 1.93. The van der Waals surface area contributed by atoms with Crippen LogP contribution < -0.4 is 0 Å². The van der Waals surface area contributed by atoms with E-state index in [0.29, 0.717) is 6.10 Å². The van der Waals surface area contributed by atoms with Gasteiger partial charge in [-0.15, -0.1) is 0 Å². The monoisotopic (exact) mass is 154 g/mol. The third-order valence-corrected chi connectivity index (χ3v) is 1.93. The molecule has 0 unspecified atom stereocenters. The summed E-state index contributed by atoms with van der Waals surface area (Å²) in [5, 5.41) is 3.79. The second-order valence-corrected chi connectivity index (χ2v) is 3.01. The first-order chi connectivity index (χ1) is 5.43. The van der Waals surface area contributed by atoms with Crippen LogP contribution in [0.3, 0.4) is 0 Å². The number of hydrogen-bond donors (Lipinski definition) is 0. The lowest BCUT2D eigenvalue weighted by atomic mass is 10.3. The fourth-order valence-electron chi connectivity index (χ4n) is 1.26. The van der Waals surface area contributed by atoms with E-state index in [2.05, 4.69) is 18.3 Å².